The monoisotopic (exact) mass is 333 g/mol. The van der Waals surface area contributed by atoms with Crippen LogP contribution < -0.4 is 10.2 Å². The van der Waals surface area contributed by atoms with E-state index in [0.717, 1.165) is 34.8 Å². The molecule has 2 N–H and O–H groups in total. The van der Waals surface area contributed by atoms with E-state index in [1.165, 1.54) is 0 Å². The minimum atomic E-state index is -0.0303. The first-order chi connectivity index (χ1) is 12.1. The Hall–Kier alpha value is -3.15. The maximum absolute atomic E-state index is 11.9. The van der Waals surface area contributed by atoms with Crippen LogP contribution in [0.2, 0.25) is 0 Å². The van der Waals surface area contributed by atoms with Gasteiger partial charge in [-0.1, -0.05) is 0 Å². The molecule has 1 aromatic carbocycles. The number of anilines is 1. The van der Waals surface area contributed by atoms with Gasteiger partial charge in [0.15, 0.2) is 5.82 Å². The smallest absolute Gasteiger partial charge is 0.253 e. The summed E-state index contributed by atoms with van der Waals surface area (Å²) in [5.41, 5.74) is 5.38. The number of carbonyl (C=O) groups is 1. The van der Waals surface area contributed by atoms with Gasteiger partial charge in [-0.3, -0.25) is 4.79 Å². The van der Waals surface area contributed by atoms with E-state index in [1.807, 2.05) is 50.5 Å². The average Bonchev–Trinajstić information content (AvgIpc) is 3.08. The second-order valence-corrected chi connectivity index (χ2v) is 6.29. The lowest BCUT2D eigenvalue weighted by Crippen LogP contribution is -2.31. The van der Waals surface area contributed by atoms with Crippen LogP contribution in [0.15, 0.2) is 42.6 Å². The van der Waals surface area contributed by atoms with Crippen molar-refractivity contribution in [3.05, 3.63) is 53.9 Å². The number of amides is 1. The van der Waals surface area contributed by atoms with Crippen molar-refractivity contribution in [2.75, 3.05) is 25.5 Å². The van der Waals surface area contributed by atoms with Crippen LogP contribution in [-0.2, 0) is 6.42 Å². The van der Waals surface area contributed by atoms with E-state index < -0.39 is 0 Å². The van der Waals surface area contributed by atoms with E-state index >= 15 is 0 Å². The van der Waals surface area contributed by atoms with Crippen LogP contribution in [0.3, 0.4) is 0 Å². The molecule has 0 spiro atoms. The molecule has 126 valence electrons. The molecule has 6 heteroatoms. The summed E-state index contributed by atoms with van der Waals surface area (Å²) in [6.45, 7) is 0.666. The lowest BCUT2D eigenvalue weighted by molar-refractivity contribution is 0.0946. The summed E-state index contributed by atoms with van der Waals surface area (Å²) >= 11 is 0. The topological polar surface area (TPSA) is 73.9 Å². The highest BCUT2D eigenvalue weighted by atomic mass is 16.1. The number of aromatic nitrogens is 3. The van der Waals surface area contributed by atoms with Gasteiger partial charge in [0.05, 0.1) is 17.0 Å². The van der Waals surface area contributed by atoms with Crippen molar-refractivity contribution in [1.82, 2.24) is 20.3 Å². The molecular formula is C19H19N5O. The summed E-state index contributed by atoms with van der Waals surface area (Å²) in [5.74, 6) is 0.636. The summed E-state index contributed by atoms with van der Waals surface area (Å²) in [7, 11) is 4.02. The zero-order chi connectivity index (χ0) is 17.4. The molecule has 1 amide bonds. The molecule has 0 saturated heterocycles. The Labute approximate surface area is 145 Å². The van der Waals surface area contributed by atoms with Crippen molar-refractivity contribution in [1.29, 1.82) is 0 Å². The van der Waals surface area contributed by atoms with Crippen LogP contribution in [0.5, 0.6) is 0 Å². The summed E-state index contributed by atoms with van der Waals surface area (Å²) in [6.07, 6.45) is 2.56. The highest BCUT2D eigenvalue weighted by Gasteiger charge is 2.20. The number of nitrogens with one attached hydrogen (secondary N) is 2. The van der Waals surface area contributed by atoms with Crippen LogP contribution in [0, 0.1) is 0 Å². The van der Waals surface area contributed by atoms with Crippen molar-refractivity contribution in [3.8, 4) is 22.8 Å². The van der Waals surface area contributed by atoms with Gasteiger partial charge in [0.25, 0.3) is 5.91 Å². The van der Waals surface area contributed by atoms with Crippen molar-refractivity contribution >= 4 is 11.6 Å². The van der Waals surface area contributed by atoms with Gasteiger partial charge in [-0.05, 0) is 36.4 Å². The Morgan fingerprint density at radius 1 is 1.12 bits per heavy atom. The SMILES string of the molecule is CN(C)c1ccc(-c2nccc(-c3cc4c([nH]3)CCNC4=O)n2)cc1. The number of nitrogens with zero attached hydrogens (tertiary/aromatic N) is 3. The van der Waals surface area contributed by atoms with Gasteiger partial charge < -0.3 is 15.2 Å². The number of hydrogen-bond acceptors (Lipinski definition) is 4. The van der Waals surface area contributed by atoms with Gasteiger partial charge in [0, 0.05) is 50.2 Å². The van der Waals surface area contributed by atoms with E-state index in [-0.39, 0.29) is 5.91 Å². The van der Waals surface area contributed by atoms with Gasteiger partial charge in [0.2, 0.25) is 0 Å². The second kappa shape index (κ2) is 6.05. The molecule has 25 heavy (non-hydrogen) atoms. The summed E-state index contributed by atoms with van der Waals surface area (Å²) in [6, 6.07) is 11.8. The largest absolute Gasteiger partial charge is 0.378 e. The number of carbonyl (C=O) groups excluding carboxylic acids is 1. The average molecular weight is 333 g/mol. The molecule has 0 saturated carbocycles. The third-order valence-corrected chi connectivity index (χ3v) is 4.38. The van der Waals surface area contributed by atoms with Gasteiger partial charge in [-0.2, -0.15) is 0 Å². The lowest BCUT2D eigenvalue weighted by atomic mass is 10.1. The van der Waals surface area contributed by atoms with E-state index in [1.54, 1.807) is 6.20 Å². The fourth-order valence-corrected chi connectivity index (χ4v) is 2.99. The molecule has 0 fully saturated rings. The lowest BCUT2D eigenvalue weighted by Gasteiger charge is -2.12. The maximum Gasteiger partial charge on any atom is 0.253 e. The van der Waals surface area contributed by atoms with Crippen LogP contribution in [0.1, 0.15) is 16.1 Å². The Kier molecular flexibility index (Phi) is 3.72. The maximum atomic E-state index is 11.9. The summed E-state index contributed by atoms with van der Waals surface area (Å²) in [5, 5.41) is 2.86. The van der Waals surface area contributed by atoms with Gasteiger partial charge in [-0.25, -0.2) is 9.97 Å². The van der Waals surface area contributed by atoms with Crippen molar-refractivity contribution in [2.24, 2.45) is 0 Å². The molecule has 3 aromatic rings. The second-order valence-electron chi connectivity index (χ2n) is 6.29. The zero-order valence-corrected chi connectivity index (χ0v) is 14.2. The van der Waals surface area contributed by atoms with Gasteiger partial charge in [0.1, 0.15) is 0 Å². The Balaban J connectivity index is 1.69. The van der Waals surface area contributed by atoms with Crippen molar-refractivity contribution in [3.63, 3.8) is 0 Å². The fraction of sp³-hybridized carbons (Fsp3) is 0.211. The zero-order valence-electron chi connectivity index (χ0n) is 14.2. The molecular weight excluding hydrogens is 314 g/mol. The summed E-state index contributed by atoms with van der Waals surface area (Å²) in [4.78, 5) is 26.4. The molecule has 0 unspecified atom stereocenters. The third-order valence-electron chi connectivity index (χ3n) is 4.38. The van der Waals surface area contributed by atoms with E-state index in [0.29, 0.717) is 17.9 Å². The Morgan fingerprint density at radius 3 is 2.64 bits per heavy atom. The molecule has 2 aromatic heterocycles. The number of rotatable bonds is 3. The first-order valence-corrected chi connectivity index (χ1v) is 8.23. The normalized spacial score (nSPS) is 13.3. The predicted octanol–water partition coefficient (Wildman–Crippen LogP) is 2.49. The number of H-pyrrole nitrogens is 1. The van der Waals surface area contributed by atoms with Crippen molar-refractivity contribution < 1.29 is 4.79 Å². The summed E-state index contributed by atoms with van der Waals surface area (Å²) < 4.78 is 0. The molecule has 4 rings (SSSR count). The number of fused-ring (bicyclic) bond motifs is 1. The van der Waals surface area contributed by atoms with Crippen LogP contribution >= 0.6 is 0 Å². The van der Waals surface area contributed by atoms with Crippen molar-refractivity contribution in [2.45, 2.75) is 6.42 Å². The molecule has 1 aliphatic rings. The fourth-order valence-electron chi connectivity index (χ4n) is 2.99. The molecule has 3 heterocycles. The van der Waals surface area contributed by atoms with Crippen LogP contribution in [-0.4, -0.2) is 41.5 Å². The van der Waals surface area contributed by atoms with E-state index in [2.05, 4.69) is 25.2 Å². The Morgan fingerprint density at radius 2 is 1.92 bits per heavy atom. The highest BCUT2D eigenvalue weighted by Crippen LogP contribution is 2.25. The standard InChI is InChI=1S/C19H19N5O/c1-24(2)13-5-3-12(4-6-13)18-20-9-8-16(23-18)17-11-14-15(22-17)7-10-21-19(14)25/h3-6,8-9,11,22H,7,10H2,1-2H3,(H,21,25). The molecule has 0 radical (unpaired) electrons. The quantitative estimate of drug-likeness (QED) is 0.772. The number of hydrogen-bond donors (Lipinski definition) is 2. The first-order valence-electron chi connectivity index (χ1n) is 8.23. The van der Waals surface area contributed by atoms with Crippen LogP contribution in [0.25, 0.3) is 22.8 Å². The molecule has 0 atom stereocenters. The molecule has 6 nitrogen and oxygen atoms in total. The third kappa shape index (κ3) is 2.87. The van der Waals surface area contributed by atoms with E-state index in [9.17, 15) is 4.79 Å². The number of aromatic amines is 1. The predicted molar refractivity (Wildman–Crippen MR) is 97.6 cm³/mol. The molecule has 0 aliphatic carbocycles. The molecule has 1 aliphatic heterocycles. The molecule has 0 bridgehead atoms. The minimum Gasteiger partial charge on any atom is -0.378 e. The number of benzene rings is 1. The van der Waals surface area contributed by atoms with E-state index in [4.69, 9.17) is 0 Å². The van der Waals surface area contributed by atoms with Crippen LogP contribution in [0.4, 0.5) is 5.69 Å². The highest BCUT2D eigenvalue weighted by molar-refractivity contribution is 5.97. The van der Waals surface area contributed by atoms with Gasteiger partial charge in [-0.15, -0.1) is 0 Å². The first kappa shape index (κ1) is 15.4. The minimum absolute atomic E-state index is 0.0303. The Bertz CT molecular complexity index is 927. The van der Waals surface area contributed by atoms with Gasteiger partial charge >= 0.3 is 0 Å².